The molecule has 0 saturated carbocycles. The zero-order valence-electron chi connectivity index (χ0n) is 15.2. The van der Waals surface area contributed by atoms with Crippen molar-refractivity contribution in [2.75, 3.05) is 13.7 Å². The van der Waals surface area contributed by atoms with Crippen LogP contribution >= 0.6 is 11.3 Å². The first-order chi connectivity index (χ1) is 12.6. The lowest BCUT2D eigenvalue weighted by molar-refractivity contribution is -0.139. The van der Waals surface area contributed by atoms with Crippen molar-refractivity contribution in [3.63, 3.8) is 0 Å². The minimum absolute atomic E-state index is 0.0218. The molecule has 1 aliphatic rings. The third-order valence-electron chi connectivity index (χ3n) is 4.66. The Labute approximate surface area is 158 Å². The molecule has 26 heavy (non-hydrogen) atoms. The summed E-state index contributed by atoms with van der Waals surface area (Å²) in [7, 11) is 1.62. The molecule has 1 aromatic heterocycles. The number of rotatable bonds is 6. The smallest absolute Gasteiger partial charge is 0.225 e. The highest BCUT2D eigenvalue weighted by molar-refractivity contribution is 7.11. The second-order valence-electron chi connectivity index (χ2n) is 6.55. The molecule has 0 bridgehead atoms. The Morgan fingerprint density at radius 1 is 1.31 bits per heavy atom. The minimum Gasteiger partial charge on any atom is -0.496 e. The van der Waals surface area contributed by atoms with Crippen molar-refractivity contribution in [2.24, 2.45) is 5.92 Å². The molecule has 0 radical (unpaired) electrons. The number of nitrogens with zero attached hydrogens (tertiary/aromatic N) is 1. The second kappa shape index (κ2) is 8.36. The van der Waals surface area contributed by atoms with Gasteiger partial charge in [0.25, 0.3) is 0 Å². The summed E-state index contributed by atoms with van der Waals surface area (Å²) in [6, 6.07) is 11.8. The summed E-state index contributed by atoms with van der Waals surface area (Å²) in [5.41, 5.74) is 0.957. The molecule has 1 atom stereocenters. The van der Waals surface area contributed by atoms with Crippen molar-refractivity contribution in [3.05, 3.63) is 51.7 Å². The largest absolute Gasteiger partial charge is 0.496 e. The standard InChI is InChI=1S/C20H24N2O3S/c1-14-7-9-17(26-14)11-21-20(24)16-8-10-19(23)22(13-16)12-15-5-3-4-6-18(15)25-2/h3-7,9,16H,8,10-13H2,1-2H3,(H,21,24). The Morgan fingerprint density at radius 2 is 2.12 bits per heavy atom. The number of likely N-dealkylation sites (tertiary alicyclic amines) is 1. The lowest BCUT2D eigenvalue weighted by Crippen LogP contribution is -2.45. The van der Waals surface area contributed by atoms with Crippen molar-refractivity contribution in [3.8, 4) is 5.75 Å². The van der Waals surface area contributed by atoms with E-state index in [1.165, 1.54) is 4.88 Å². The normalized spacial score (nSPS) is 17.2. The fraction of sp³-hybridized carbons (Fsp3) is 0.400. The number of aryl methyl sites for hydroxylation is 1. The van der Waals surface area contributed by atoms with Crippen LogP contribution in [-0.2, 0) is 22.7 Å². The number of methoxy groups -OCH3 is 1. The summed E-state index contributed by atoms with van der Waals surface area (Å²) in [5.74, 6) is 0.714. The van der Waals surface area contributed by atoms with Gasteiger partial charge in [0, 0.05) is 34.8 Å². The van der Waals surface area contributed by atoms with E-state index in [2.05, 4.69) is 18.3 Å². The van der Waals surface area contributed by atoms with Crippen LogP contribution in [0.1, 0.15) is 28.2 Å². The maximum Gasteiger partial charge on any atom is 0.225 e. The summed E-state index contributed by atoms with van der Waals surface area (Å²) in [6.45, 7) is 3.52. The van der Waals surface area contributed by atoms with Crippen LogP contribution in [0.2, 0.25) is 0 Å². The van der Waals surface area contributed by atoms with E-state index < -0.39 is 0 Å². The maximum atomic E-state index is 12.5. The first-order valence-electron chi connectivity index (χ1n) is 8.79. The van der Waals surface area contributed by atoms with Gasteiger partial charge in [0.05, 0.1) is 19.6 Å². The number of ether oxygens (including phenoxy) is 1. The van der Waals surface area contributed by atoms with E-state index in [1.807, 2.05) is 30.3 Å². The quantitative estimate of drug-likeness (QED) is 0.848. The van der Waals surface area contributed by atoms with Gasteiger partial charge in [0.1, 0.15) is 5.75 Å². The first-order valence-corrected chi connectivity index (χ1v) is 9.61. The van der Waals surface area contributed by atoms with Gasteiger partial charge in [-0.3, -0.25) is 9.59 Å². The molecule has 1 aliphatic heterocycles. The van der Waals surface area contributed by atoms with Crippen molar-refractivity contribution < 1.29 is 14.3 Å². The molecule has 1 fully saturated rings. The second-order valence-corrected chi connectivity index (χ2v) is 7.92. The highest BCUT2D eigenvalue weighted by atomic mass is 32.1. The number of para-hydroxylation sites is 1. The van der Waals surface area contributed by atoms with Crippen LogP contribution in [0, 0.1) is 12.8 Å². The van der Waals surface area contributed by atoms with Crippen molar-refractivity contribution >= 4 is 23.2 Å². The Bertz CT molecular complexity index is 787. The van der Waals surface area contributed by atoms with Gasteiger partial charge in [-0.25, -0.2) is 0 Å². The lowest BCUT2D eigenvalue weighted by atomic mass is 9.96. The molecule has 1 aromatic carbocycles. The number of piperidine rings is 1. The van der Waals surface area contributed by atoms with E-state index in [0.29, 0.717) is 32.5 Å². The topological polar surface area (TPSA) is 58.6 Å². The van der Waals surface area contributed by atoms with Crippen LogP contribution in [0.3, 0.4) is 0 Å². The molecule has 0 aliphatic carbocycles. The highest BCUT2D eigenvalue weighted by Crippen LogP contribution is 2.24. The van der Waals surface area contributed by atoms with Crippen molar-refractivity contribution in [2.45, 2.75) is 32.9 Å². The molecule has 2 aromatic rings. The van der Waals surface area contributed by atoms with Gasteiger partial charge in [0.15, 0.2) is 0 Å². The predicted octanol–water partition coefficient (Wildman–Crippen LogP) is 3.12. The molecule has 1 N–H and O–H groups in total. The minimum atomic E-state index is -0.163. The predicted molar refractivity (Wildman–Crippen MR) is 102 cm³/mol. The van der Waals surface area contributed by atoms with Crippen molar-refractivity contribution in [1.29, 1.82) is 0 Å². The van der Waals surface area contributed by atoms with Gasteiger partial charge in [-0.2, -0.15) is 0 Å². The summed E-state index contributed by atoms with van der Waals surface area (Å²) in [5, 5.41) is 3.01. The van der Waals surface area contributed by atoms with Gasteiger partial charge in [-0.05, 0) is 31.5 Å². The first kappa shape index (κ1) is 18.5. The average molecular weight is 372 g/mol. The Kier molecular flexibility index (Phi) is 5.93. The molecule has 138 valence electrons. The number of nitrogens with one attached hydrogen (secondary N) is 1. The van der Waals surface area contributed by atoms with E-state index in [0.717, 1.165) is 16.2 Å². The van der Waals surface area contributed by atoms with Gasteiger partial charge in [-0.1, -0.05) is 18.2 Å². The van der Waals surface area contributed by atoms with E-state index in [4.69, 9.17) is 4.74 Å². The molecule has 5 nitrogen and oxygen atoms in total. The third-order valence-corrected chi connectivity index (χ3v) is 5.66. The van der Waals surface area contributed by atoms with Crippen LogP contribution in [-0.4, -0.2) is 30.4 Å². The number of hydrogen-bond acceptors (Lipinski definition) is 4. The zero-order chi connectivity index (χ0) is 18.5. The van der Waals surface area contributed by atoms with Gasteiger partial charge in [0.2, 0.25) is 11.8 Å². The third kappa shape index (κ3) is 4.43. The molecule has 2 amide bonds. The van der Waals surface area contributed by atoms with E-state index in [1.54, 1.807) is 23.3 Å². The van der Waals surface area contributed by atoms with Crippen LogP contribution in [0.25, 0.3) is 0 Å². The number of amides is 2. The van der Waals surface area contributed by atoms with E-state index in [9.17, 15) is 9.59 Å². The maximum absolute atomic E-state index is 12.5. The van der Waals surface area contributed by atoms with E-state index in [-0.39, 0.29) is 17.7 Å². The molecule has 1 unspecified atom stereocenters. The number of carbonyl (C=O) groups is 2. The molecule has 6 heteroatoms. The number of carbonyl (C=O) groups excluding carboxylic acids is 2. The van der Waals surface area contributed by atoms with Crippen LogP contribution in [0.4, 0.5) is 0 Å². The van der Waals surface area contributed by atoms with Gasteiger partial charge < -0.3 is 15.0 Å². The van der Waals surface area contributed by atoms with Gasteiger partial charge in [-0.15, -0.1) is 11.3 Å². The molecule has 2 heterocycles. The summed E-state index contributed by atoms with van der Waals surface area (Å²) < 4.78 is 5.37. The molecule has 0 spiro atoms. The molecular weight excluding hydrogens is 348 g/mol. The monoisotopic (exact) mass is 372 g/mol. The summed E-state index contributed by atoms with van der Waals surface area (Å²) in [4.78, 5) is 29.0. The van der Waals surface area contributed by atoms with Gasteiger partial charge >= 0.3 is 0 Å². The fourth-order valence-corrected chi connectivity index (χ4v) is 4.05. The summed E-state index contributed by atoms with van der Waals surface area (Å²) in [6.07, 6.45) is 1.02. The Hall–Kier alpha value is -2.34. The zero-order valence-corrected chi connectivity index (χ0v) is 16.0. The molecule has 1 saturated heterocycles. The number of thiophene rings is 1. The molecule has 3 rings (SSSR count). The Morgan fingerprint density at radius 3 is 2.85 bits per heavy atom. The Balaban J connectivity index is 1.60. The average Bonchev–Trinajstić information content (AvgIpc) is 3.07. The summed E-state index contributed by atoms with van der Waals surface area (Å²) >= 11 is 1.69. The lowest BCUT2D eigenvalue weighted by Gasteiger charge is -2.32. The number of hydrogen-bond donors (Lipinski definition) is 1. The van der Waals surface area contributed by atoms with Crippen LogP contribution in [0.15, 0.2) is 36.4 Å². The fourth-order valence-electron chi connectivity index (χ4n) is 3.22. The van der Waals surface area contributed by atoms with E-state index >= 15 is 0 Å². The number of benzene rings is 1. The van der Waals surface area contributed by atoms with Crippen molar-refractivity contribution in [1.82, 2.24) is 10.2 Å². The van der Waals surface area contributed by atoms with Crippen LogP contribution < -0.4 is 10.1 Å². The van der Waals surface area contributed by atoms with Crippen LogP contribution in [0.5, 0.6) is 5.75 Å². The highest BCUT2D eigenvalue weighted by Gasteiger charge is 2.30. The SMILES string of the molecule is COc1ccccc1CN1CC(C(=O)NCc2ccc(C)s2)CCC1=O. The molecular formula is C20H24N2O3S.